The van der Waals surface area contributed by atoms with Gasteiger partial charge in [-0.2, -0.15) is 0 Å². The minimum Gasteiger partial charge on any atom is -0.309 e. The number of hydrogen-bond donors (Lipinski definition) is 0. The molecular weight excluding hydrogens is 1070 g/mol. The maximum Gasteiger partial charge on any atom is 0.0782 e. The normalized spacial score (nSPS) is 14.6. The van der Waals surface area contributed by atoms with E-state index in [0.29, 0.717) is 45.5 Å². The molecule has 0 atom stereocenters. The van der Waals surface area contributed by atoms with Crippen LogP contribution in [0.5, 0.6) is 0 Å². The van der Waals surface area contributed by atoms with Crippen LogP contribution in [0.25, 0.3) is 110 Å². The molecule has 0 aliphatic rings. The van der Waals surface area contributed by atoms with E-state index >= 15 is 0 Å². The molecule has 0 amide bonds. The van der Waals surface area contributed by atoms with Crippen molar-refractivity contribution in [2.75, 3.05) is 9.80 Å². The van der Waals surface area contributed by atoms with Gasteiger partial charge < -0.3 is 28.1 Å². The van der Waals surface area contributed by atoms with E-state index < -0.39 is 102 Å². The van der Waals surface area contributed by atoms with Crippen molar-refractivity contribution in [3.63, 3.8) is 0 Å². The Bertz CT molecular complexity index is 6030. The predicted molar refractivity (Wildman–Crippen MR) is 372 cm³/mol. The summed E-state index contributed by atoms with van der Waals surface area (Å²) in [5.41, 5.74) is 9.70. The average Bonchev–Trinajstić information content (AvgIpc) is 1.55. The molecule has 0 saturated heterocycles. The highest BCUT2D eigenvalue weighted by Crippen LogP contribution is 2.50. The van der Waals surface area contributed by atoms with Gasteiger partial charge in [-0.1, -0.05) is 202 Å². The molecule has 0 N–H and O–H groups in total. The zero-order chi connectivity index (χ0) is 72.5. The zero-order valence-corrected chi connectivity index (χ0v) is 47.9. The van der Waals surface area contributed by atoms with Gasteiger partial charge in [-0.3, -0.25) is 0 Å². The van der Waals surface area contributed by atoms with Crippen LogP contribution in [0.4, 0.5) is 34.1 Å². The lowest BCUT2D eigenvalue weighted by Crippen LogP contribution is -2.18. The second-order valence-corrected chi connectivity index (χ2v) is 23.0. The Morgan fingerprint density at radius 1 is 0.273 bits per heavy atom. The summed E-state index contributed by atoms with van der Waals surface area (Å²) in [5.74, 6) is 0. The number of hydrogen-bond acceptors (Lipinski definition) is 2. The lowest BCUT2D eigenvalue weighted by molar-refractivity contribution is 0.590. The minimum atomic E-state index is -0.619. The van der Waals surface area contributed by atoms with Crippen LogP contribution in [0.15, 0.2) is 309 Å². The van der Waals surface area contributed by atoms with Gasteiger partial charge in [0.15, 0.2) is 0 Å². The van der Waals surface area contributed by atoms with Crippen LogP contribution in [0.2, 0.25) is 0 Å². The summed E-state index contributed by atoms with van der Waals surface area (Å²) >= 11 is 0. The highest BCUT2D eigenvalue weighted by molar-refractivity contribution is 6.17. The molecule has 0 aliphatic heterocycles. The molecule has 0 bridgehead atoms. The molecular formula is C82H60N6. The van der Waals surface area contributed by atoms with E-state index in [1.165, 1.54) is 9.13 Å². The smallest absolute Gasteiger partial charge is 0.0782 e. The monoisotopic (exact) mass is 1140 g/mol. The molecule has 0 fully saturated rings. The van der Waals surface area contributed by atoms with Crippen LogP contribution in [0.3, 0.4) is 0 Å². The summed E-state index contributed by atoms with van der Waals surface area (Å²) in [7, 11) is 0. The molecule has 0 unspecified atom stereocenters. The van der Waals surface area contributed by atoms with Crippen LogP contribution >= 0.6 is 0 Å². The maximum atomic E-state index is 9.57. The van der Waals surface area contributed by atoms with Crippen molar-refractivity contribution in [3.8, 4) is 22.7 Å². The van der Waals surface area contributed by atoms with Gasteiger partial charge in [0.05, 0.1) is 77.4 Å². The first-order valence-electron chi connectivity index (χ1n) is 37.1. The van der Waals surface area contributed by atoms with Gasteiger partial charge in [-0.25, -0.2) is 0 Å². The van der Waals surface area contributed by atoms with Gasteiger partial charge in [-0.15, -0.1) is 0 Å². The fourth-order valence-corrected chi connectivity index (χ4v) is 13.1. The molecule has 6 heteroatoms. The molecule has 6 nitrogen and oxygen atoms in total. The van der Waals surface area contributed by atoms with E-state index in [0.717, 1.165) is 60.5 Å². The average molecular weight is 1150 g/mol. The Labute approximate surface area is 532 Å². The Balaban J connectivity index is 1.02. The zero-order valence-electron chi connectivity index (χ0n) is 63.9. The standard InChI is InChI=1S/C82H60N6/c1-82(2,3)55-50-62(83(58-30-22-32-60(52-58)85-72-42-16-10-34-64(72)65-35-11-17-43-73(65)85)78-48-24-40-70-68-38-14-20-46-76(68)87(80(70)78)56-26-6-4-7-27-56)54-63(51-55)84(59-31-23-33-61(53-59)86-74-44-18-12-36-66(74)67-37-13-19-45-75(67)86)79-49-25-41-71-69-39-15-21-47-77(69)88(81(71)79)57-28-8-5-9-29-57/h4-54H,1-3H3/i10D,11D,12D,13D,16D,17D,18D,19D,34D,35D,36D,37D,42D,43D,44D,45D. The molecule has 418 valence electrons. The Hall–Kier alpha value is -11.3. The fraction of sp³-hybridized carbons (Fsp3) is 0.0488. The van der Waals surface area contributed by atoms with Crippen molar-refractivity contribution >= 4 is 121 Å². The van der Waals surface area contributed by atoms with Gasteiger partial charge in [0.2, 0.25) is 0 Å². The van der Waals surface area contributed by atoms with Crippen molar-refractivity contribution in [2.45, 2.75) is 26.2 Å². The maximum absolute atomic E-state index is 9.57. The van der Waals surface area contributed by atoms with E-state index in [4.69, 9.17) is 11.0 Å². The quantitative estimate of drug-likeness (QED) is 0.136. The lowest BCUT2D eigenvalue weighted by atomic mass is 9.86. The molecule has 0 saturated carbocycles. The Morgan fingerprint density at radius 2 is 0.614 bits per heavy atom. The summed E-state index contributed by atoms with van der Waals surface area (Å²) in [6.07, 6.45) is 0. The van der Waals surface area contributed by atoms with Crippen molar-refractivity contribution in [1.29, 1.82) is 0 Å². The van der Waals surface area contributed by atoms with E-state index in [-0.39, 0.29) is 43.6 Å². The molecule has 4 aromatic heterocycles. The van der Waals surface area contributed by atoms with Crippen LogP contribution in [-0.2, 0) is 5.41 Å². The minimum absolute atomic E-state index is 0.0356. The number of fused-ring (bicyclic) bond motifs is 12. The highest BCUT2D eigenvalue weighted by atomic mass is 15.2. The van der Waals surface area contributed by atoms with Gasteiger partial charge in [-0.05, 0) is 138 Å². The number of aromatic nitrogens is 4. The molecule has 0 radical (unpaired) electrons. The van der Waals surface area contributed by atoms with Gasteiger partial charge in [0.25, 0.3) is 0 Å². The van der Waals surface area contributed by atoms with Crippen LogP contribution < -0.4 is 9.80 Å². The second-order valence-electron chi connectivity index (χ2n) is 23.0. The largest absolute Gasteiger partial charge is 0.309 e. The van der Waals surface area contributed by atoms with Crippen molar-refractivity contribution in [2.24, 2.45) is 0 Å². The van der Waals surface area contributed by atoms with Gasteiger partial charge >= 0.3 is 0 Å². The second kappa shape index (κ2) is 20.2. The number of nitrogens with zero attached hydrogens (tertiary/aromatic N) is 6. The third kappa shape index (κ3) is 8.03. The number of anilines is 6. The van der Waals surface area contributed by atoms with Crippen molar-refractivity contribution < 1.29 is 21.9 Å². The van der Waals surface area contributed by atoms with Crippen molar-refractivity contribution in [3.05, 3.63) is 315 Å². The number of rotatable bonds is 10. The Morgan fingerprint density at radius 3 is 1.01 bits per heavy atom. The number of para-hydroxylation sites is 10. The Kier molecular flexibility index (Phi) is 8.51. The van der Waals surface area contributed by atoms with Crippen LogP contribution in [0.1, 0.15) is 48.3 Å². The first-order valence-corrected chi connectivity index (χ1v) is 29.1. The highest BCUT2D eigenvalue weighted by Gasteiger charge is 2.29. The molecule has 0 spiro atoms. The molecule has 17 rings (SSSR count). The molecule has 4 heterocycles. The van der Waals surface area contributed by atoms with Crippen LogP contribution in [0, 0.1) is 0 Å². The lowest BCUT2D eigenvalue weighted by Gasteiger charge is -2.33. The summed E-state index contributed by atoms with van der Waals surface area (Å²) in [5, 5.41) is 3.56. The fourth-order valence-electron chi connectivity index (χ4n) is 13.1. The van der Waals surface area contributed by atoms with E-state index in [2.05, 4.69) is 131 Å². The third-order valence-corrected chi connectivity index (χ3v) is 16.9. The number of benzene rings is 13. The summed E-state index contributed by atoms with van der Waals surface area (Å²) in [6, 6.07) is 62.1. The summed E-state index contributed by atoms with van der Waals surface area (Å²) < 4.78 is 155. The van der Waals surface area contributed by atoms with E-state index in [9.17, 15) is 11.0 Å². The SMILES string of the molecule is [2H]c1c([2H])c([2H])c2c(c1[2H])c1c([2H])c([2H])c([2H])c([2H])c1n2-c1cccc(N(c2cc(N(c3cccc(-n4c5c([2H])c([2H])c([2H])c([2H])c5c5c([2H])c([2H])c([2H])c([2H])c54)c3)c3cccc4c5ccccc5n(-c5ccccc5)c34)cc(C(C)(C)C)c2)c2cccc3c4ccccc4n(-c4ccccc4)c23)c1. The van der Waals surface area contributed by atoms with Crippen molar-refractivity contribution in [1.82, 2.24) is 18.3 Å². The summed E-state index contributed by atoms with van der Waals surface area (Å²) in [6.45, 7) is 6.39. The summed E-state index contributed by atoms with van der Waals surface area (Å²) in [4.78, 5) is 4.30. The molecule has 17 aromatic rings. The molecule has 88 heavy (non-hydrogen) atoms. The topological polar surface area (TPSA) is 26.2 Å². The van der Waals surface area contributed by atoms with E-state index in [1.54, 1.807) is 12.1 Å². The van der Waals surface area contributed by atoms with Gasteiger partial charge in [0, 0.05) is 88.6 Å². The van der Waals surface area contributed by atoms with Gasteiger partial charge in [0.1, 0.15) is 0 Å². The first kappa shape index (κ1) is 37.2. The van der Waals surface area contributed by atoms with E-state index in [1.807, 2.05) is 109 Å². The molecule has 0 aliphatic carbocycles. The van der Waals surface area contributed by atoms with Crippen LogP contribution in [-0.4, -0.2) is 18.3 Å². The predicted octanol–water partition coefficient (Wildman–Crippen LogP) is 22.3. The third-order valence-electron chi connectivity index (χ3n) is 16.9. The first-order chi connectivity index (χ1) is 50.0. The molecule has 13 aromatic carbocycles.